The Kier molecular flexibility index (Phi) is 6.60. The van der Waals surface area contributed by atoms with Crippen molar-refractivity contribution >= 4 is 0 Å². The van der Waals surface area contributed by atoms with E-state index in [1.807, 2.05) is 12.1 Å². The summed E-state index contributed by atoms with van der Waals surface area (Å²) in [4.78, 5) is 2.59. The molecule has 3 aromatic carbocycles. The summed E-state index contributed by atoms with van der Waals surface area (Å²) in [5.41, 5.74) is 4.02. The Labute approximate surface area is 174 Å². The van der Waals surface area contributed by atoms with Crippen LogP contribution in [0.4, 0.5) is 0 Å². The summed E-state index contributed by atoms with van der Waals surface area (Å²) in [6, 6.07) is 30.5. The number of rotatable bonds is 7. The zero-order valence-electron chi connectivity index (χ0n) is 17.1. The van der Waals surface area contributed by atoms with E-state index in [4.69, 9.17) is 4.74 Å². The Morgan fingerprint density at radius 2 is 1.59 bits per heavy atom. The van der Waals surface area contributed by atoms with Gasteiger partial charge in [-0.05, 0) is 23.6 Å². The van der Waals surface area contributed by atoms with Gasteiger partial charge in [-0.3, -0.25) is 4.90 Å². The highest BCUT2D eigenvalue weighted by atomic mass is 16.5. The minimum atomic E-state index is 0.453. The minimum absolute atomic E-state index is 0.453. The van der Waals surface area contributed by atoms with Gasteiger partial charge >= 0.3 is 0 Å². The number of hydrogen-bond donors (Lipinski definition) is 1. The number of nitrogens with one attached hydrogen (secondary N) is 1. The number of piperidine rings is 1. The second-order valence-electron chi connectivity index (χ2n) is 7.83. The molecule has 1 saturated heterocycles. The first-order valence-electron chi connectivity index (χ1n) is 10.5. The van der Waals surface area contributed by atoms with Gasteiger partial charge in [0.15, 0.2) is 0 Å². The van der Waals surface area contributed by atoms with E-state index in [-0.39, 0.29) is 0 Å². The fourth-order valence-corrected chi connectivity index (χ4v) is 4.38. The van der Waals surface area contributed by atoms with E-state index in [1.54, 1.807) is 7.11 Å². The van der Waals surface area contributed by atoms with E-state index in [2.05, 4.69) is 83.0 Å². The molecule has 1 heterocycles. The van der Waals surface area contributed by atoms with E-state index >= 15 is 0 Å². The van der Waals surface area contributed by atoms with Gasteiger partial charge in [-0.1, -0.05) is 78.9 Å². The highest BCUT2D eigenvalue weighted by molar-refractivity contribution is 5.33. The summed E-state index contributed by atoms with van der Waals surface area (Å²) in [5.74, 6) is 1.43. The van der Waals surface area contributed by atoms with Crippen molar-refractivity contribution in [1.82, 2.24) is 10.2 Å². The first kappa shape index (κ1) is 19.7. The molecule has 0 amide bonds. The Balaban J connectivity index is 1.47. The Morgan fingerprint density at radius 1 is 0.897 bits per heavy atom. The number of nitrogens with zero attached hydrogens (tertiary/aromatic N) is 1. The van der Waals surface area contributed by atoms with Crippen molar-refractivity contribution < 1.29 is 4.74 Å². The third kappa shape index (κ3) is 5.06. The minimum Gasteiger partial charge on any atom is -0.496 e. The fourth-order valence-electron chi connectivity index (χ4n) is 4.38. The Hall–Kier alpha value is -2.62. The summed E-state index contributed by atoms with van der Waals surface area (Å²) >= 11 is 0. The monoisotopic (exact) mass is 386 g/mol. The van der Waals surface area contributed by atoms with Crippen LogP contribution in [0.3, 0.4) is 0 Å². The van der Waals surface area contributed by atoms with E-state index in [0.717, 1.165) is 38.3 Å². The average molecular weight is 387 g/mol. The molecule has 4 rings (SSSR count). The molecule has 3 aromatic rings. The van der Waals surface area contributed by atoms with Crippen molar-refractivity contribution in [3.05, 3.63) is 102 Å². The van der Waals surface area contributed by atoms with Crippen LogP contribution >= 0.6 is 0 Å². The predicted molar refractivity (Wildman–Crippen MR) is 119 cm³/mol. The molecule has 29 heavy (non-hydrogen) atoms. The zero-order valence-corrected chi connectivity index (χ0v) is 17.1. The van der Waals surface area contributed by atoms with Gasteiger partial charge < -0.3 is 10.1 Å². The number of likely N-dealkylation sites (tertiary alicyclic amines) is 1. The summed E-state index contributed by atoms with van der Waals surface area (Å²) in [6.45, 7) is 4.03. The molecule has 0 radical (unpaired) electrons. The summed E-state index contributed by atoms with van der Waals surface area (Å²) in [7, 11) is 1.74. The van der Waals surface area contributed by atoms with Crippen LogP contribution in [-0.2, 0) is 13.1 Å². The molecular formula is C26H30N2O. The van der Waals surface area contributed by atoms with Gasteiger partial charge in [0.2, 0.25) is 0 Å². The maximum absolute atomic E-state index is 5.53. The standard InChI is InChI=1S/C26H30N2O/c1-29-26-15-9-8-14-23(26)18-27-25-16-17-28(19-21-10-4-2-5-11-21)20-24(25)22-12-6-3-7-13-22/h2-15,24-25,27H,16-20H2,1H3/t24-,25-/m0/s1. The molecule has 2 atom stereocenters. The molecule has 150 valence electrons. The summed E-state index contributed by atoms with van der Waals surface area (Å²) in [6.07, 6.45) is 1.14. The maximum Gasteiger partial charge on any atom is 0.123 e. The topological polar surface area (TPSA) is 24.5 Å². The van der Waals surface area contributed by atoms with Crippen LogP contribution in [0.2, 0.25) is 0 Å². The van der Waals surface area contributed by atoms with Crippen LogP contribution in [0.15, 0.2) is 84.9 Å². The van der Waals surface area contributed by atoms with E-state index in [1.165, 1.54) is 16.7 Å². The molecule has 0 aromatic heterocycles. The van der Waals surface area contributed by atoms with Crippen molar-refractivity contribution in [3.63, 3.8) is 0 Å². The smallest absolute Gasteiger partial charge is 0.123 e. The third-order valence-corrected chi connectivity index (χ3v) is 5.92. The molecule has 0 saturated carbocycles. The Morgan fingerprint density at radius 3 is 2.34 bits per heavy atom. The van der Waals surface area contributed by atoms with Crippen LogP contribution in [0.5, 0.6) is 5.75 Å². The normalized spacial score (nSPS) is 19.8. The molecule has 0 spiro atoms. The average Bonchev–Trinajstić information content (AvgIpc) is 2.79. The van der Waals surface area contributed by atoms with Crippen molar-refractivity contribution in [2.75, 3.05) is 20.2 Å². The largest absolute Gasteiger partial charge is 0.496 e. The van der Waals surface area contributed by atoms with Crippen LogP contribution in [-0.4, -0.2) is 31.1 Å². The predicted octanol–water partition coefficient (Wildman–Crippen LogP) is 4.84. The van der Waals surface area contributed by atoms with Crippen molar-refractivity contribution in [2.45, 2.75) is 31.5 Å². The summed E-state index contributed by atoms with van der Waals surface area (Å²) < 4.78 is 5.53. The lowest BCUT2D eigenvalue weighted by Gasteiger charge is -2.39. The SMILES string of the molecule is COc1ccccc1CN[C@H]1CCN(Cc2ccccc2)C[C@H]1c1ccccc1. The van der Waals surface area contributed by atoms with Crippen LogP contribution in [0.1, 0.15) is 29.0 Å². The first-order valence-corrected chi connectivity index (χ1v) is 10.5. The van der Waals surface area contributed by atoms with Crippen molar-refractivity contribution in [2.24, 2.45) is 0 Å². The number of hydrogen-bond acceptors (Lipinski definition) is 3. The fraction of sp³-hybridized carbons (Fsp3) is 0.308. The number of benzene rings is 3. The molecule has 1 fully saturated rings. The lowest BCUT2D eigenvalue weighted by atomic mass is 9.85. The molecule has 0 unspecified atom stereocenters. The third-order valence-electron chi connectivity index (χ3n) is 5.92. The molecule has 3 nitrogen and oxygen atoms in total. The number of ether oxygens (including phenoxy) is 1. The lowest BCUT2D eigenvalue weighted by Crippen LogP contribution is -2.47. The van der Waals surface area contributed by atoms with Gasteiger partial charge in [-0.15, -0.1) is 0 Å². The van der Waals surface area contributed by atoms with Gasteiger partial charge in [-0.2, -0.15) is 0 Å². The van der Waals surface area contributed by atoms with E-state index in [9.17, 15) is 0 Å². The molecule has 0 bridgehead atoms. The molecule has 1 N–H and O–H groups in total. The molecule has 1 aliphatic rings. The van der Waals surface area contributed by atoms with Crippen LogP contribution < -0.4 is 10.1 Å². The Bertz CT molecular complexity index is 881. The van der Waals surface area contributed by atoms with Gasteiger partial charge in [-0.25, -0.2) is 0 Å². The van der Waals surface area contributed by atoms with Crippen molar-refractivity contribution in [1.29, 1.82) is 0 Å². The lowest BCUT2D eigenvalue weighted by molar-refractivity contribution is 0.166. The quantitative estimate of drug-likeness (QED) is 0.629. The first-order chi connectivity index (χ1) is 14.3. The molecular weight excluding hydrogens is 356 g/mol. The summed E-state index contributed by atoms with van der Waals surface area (Å²) in [5, 5.41) is 3.84. The highest BCUT2D eigenvalue weighted by Crippen LogP contribution is 2.29. The number of para-hydroxylation sites is 1. The van der Waals surface area contributed by atoms with Gasteiger partial charge in [0.25, 0.3) is 0 Å². The second-order valence-corrected chi connectivity index (χ2v) is 7.83. The molecule has 1 aliphatic heterocycles. The zero-order chi connectivity index (χ0) is 19.9. The molecule has 0 aliphatic carbocycles. The molecule has 3 heteroatoms. The van der Waals surface area contributed by atoms with E-state index in [0.29, 0.717) is 12.0 Å². The van der Waals surface area contributed by atoms with Crippen LogP contribution in [0, 0.1) is 0 Å². The number of methoxy groups -OCH3 is 1. The van der Waals surface area contributed by atoms with Gasteiger partial charge in [0.05, 0.1) is 7.11 Å². The van der Waals surface area contributed by atoms with Crippen LogP contribution in [0.25, 0.3) is 0 Å². The maximum atomic E-state index is 5.53. The highest BCUT2D eigenvalue weighted by Gasteiger charge is 2.30. The van der Waals surface area contributed by atoms with Gasteiger partial charge in [0.1, 0.15) is 5.75 Å². The van der Waals surface area contributed by atoms with Crippen molar-refractivity contribution in [3.8, 4) is 5.75 Å². The van der Waals surface area contributed by atoms with E-state index < -0.39 is 0 Å². The second kappa shape index (κ2) is 9.73. The van der Waals surface area contributed by atoms with Gasteiger partial charge in [0, 0.05) is 43.7 Å².